The fraction of sp³-hybridized carbons (Fsp3) is 0.375. The Morgan fingerprint density at radius 2 is 2.24 bits per heavy atom. The molecule has 9 heteroatoms. The third kappa shape index (κ3) is 1.94. The zero-order valence-electron chi connectivity index (χ0n) is 8.58. The highest BCUT2D eigenvalue weighted by Gasteiger charge is 2.36. The number of H-pyrrole nitrogens is 1. The van der Waals surface area contributed by atoms with Crippen molar-refractivity contribution in [2.45, 2.75) is 6.42 Å². The third-order valence-electron chi connectivity index (χ3n) is 2.45. The van der Waals surface area contributed by atoms with Crippen LogP contribution in [0.15, 0.2) is 0 Å². The maximum absolute atomic E-state index is 11.5. The number of hydrogen-bond acceptors (Lipinski definition) is 5. The van der Waals surface area contributed by atoms with E-state index < -0.39 is 17.8 Å². The van der Waals surface area contributed by atoms with Crippen LogP contribution in [-0.4, -0.2) is 44.6 Å². The number of rotatable bonds is 3. The minimum atomic E-state index is -1.28. The van der Waals surface area contributed by atoms with Gasteiger partial charge in [-0.05, 0) is 0 Å². The molecule has 0 bridgehead atoms. The molecule has 0 radical (unpaired) electrons. The van der Waals surface area contributed by atoms with Gasteiger partial charge in [0.1, 0.15) is 0 Å². The van der Waals surface area contributed by atoms with Crippen LogP contribution in [0.3, 0.4) is 0 Å². The lowest BCUT2D eigenvalue weighted by Gasteiger charge is -2.09. The van der Waals surface area contributed by atoms with Crippen LogP contribution in [0.25, 0.3) is 0 Å². The minimum absolute atomic E-state index is 0.00766. The highest BCUT2D eigenvalue weighted by Crippen LogP contribution is 2.21. The van der Waals surface area contributed by atoms with E-state index in [1.807, 2.05) is 0 Å². The van der Waals surface area contributed by atoms with Crippen LogP contribution in [0.1, 0.15) is 17.0 Å². The fourth-order valence-corrected chi connectivity index (χ4v) is 1.56. The van der Waals surface area contributed by atoms with Gasteiger partial charge in [0.2, 0.25) is 17.6 Å². The van der Waals surface area contributed by atoms with Gasteiger partial charge in [-0.1, -0.05) is 0 Å². The molecule has 2 heterocycles. The number of amides is 2. The lowest BCUT2D eigenvalue weighted by Crippen LogP contribution is -2.29. The molecule has 1 fully saturated rings. The zero-order valence-corrected chi connectivity index (χ0v) is 8.58. The molecule has 4 N–H and O–H groups in total. The van der Waals surface area contributed by atoms with Crippen LogP contribution < -0.4 is 10.6 Å². The van der Waals surface area contributed by atoms with Crippen molar-refractivity contribution in [3.8, 4) is 0 Å². The number of primary amides is 1. The van der Waals surface area contributed by atoms with Crippen molar-refractivity contribution >= 4 is 23.7 Å². The lowest BCUT2D eigenvalue weighted by atomic mass is 10.1. The molecule has 17 heavy (non-hydrogen) atoms. The first kappa shape index (κ1) is 11.0. The number of carboxylic acids is 1. The summed E-state index contributed by atoms with van der Waals surface area (Å²) in [6.07, 6.45) is -0.00766. The van der Waals surface area contributed by atoms with Gasteiger partial charge in [0.05, 0.1) is 5.92 Å². The van der Waals surface area contributed by atoms with Crippen LogP contribution in [0, 0.1) is 5.92 Å². The van der Waals surface area contributed by atoms with E-state index in [4.69, 9.17) is 10.8 Å². The molecular weight excluding hydrogens is 230 g/mol. The van der Waals surface area contributed by atoms with Crippen molar-refractivity contribution in [2.24, 2.45) is 11.7 Å². The summed E-state index contributed by atoms with van der Waals surface area (Å²) in [6, 6.07) is 0. The second-order valence-electron chi connectivity index (χ2n) is 3.60. The van der Waals surface area contributed by atoms with Gasteiger partial charge in [0, 0.05) is 13.0 Å². The predicted octanol–water partition coefficient (Wildman–Crippen LogP) is -1.66. The first-order valence-corrected chi connectivity index (χ1v) is 4.74. The summed E-state index contributed by atoms with van der Waals surface area (Å²) < 4.78 is 0. The summed E-state index contributed by atoms with van der Waals surface area (Å²) in [4.78, 5) is 37.8. The smallest absolute Gasteiger partial charge is 0.373 e. The summed E-state index contributed by atoms with van der Waals surface area (Å²) in [5, 5.41) is 14.4. The highest BCUT2D eigenvalue weighted by molar-refractivity contribution is 5.99. The molecule has 2 rings (SSSR count). The van der Waals surface area contributed by atoms with Gasteiger partial charge in [0.15, 0.2) is 0 Å². The summed E-state index contributed by atoms with van der Waals surface area (Å²) in [6.45, 7) is 0.0745. The normalized spacial score (nSPS) is 19.6. The van der Waals surface area contributed by atoms with Gasteiger partial charge in [-0.2, -0.15) is 4.98 Å². The van der Waals surface area contributed by atoms with Gasteiger partial charge in [0.25, 0.3) is 5.95 Å². The SMILES string of the molecule is NC(=O)C1CC(=O)N(c2n[nH]c(C(=O)O)n2)C1. The van der Waals surface area contributed by atoms with Crippen LogP contribution in [0.4, 0.5) is 5.95 Å². The van der Waals surface area contributed by atoms with Crippen molar-refractivity contribution in [1.29, 1.82) is 0 Å². The van der Waals surface area contributed by atoms with Gasteiger partial charge in [-0.15, -0.1) is 5.10 Å². The Labute approximate surface area is 94.6 Å². The van der Waals surface area contributed by atoms with E-state index in [2.05, 4.69) is 15.2 Å². The molecule has 1 aliphatic rings. The molecular formula is C8H9N5O4. The molecule has 0 aliphatic carbocycles. The number of nitrogens with one attached hydrogen (secondary N) is 1. The van der Waals surface area contributed by atoms with Crippen LogP contribution in [0.2, 0.25) is 0 Å². The number of hydrogen-bond donors (Lipinski definition) is 3. The fourth-order valence-electron chi connectivity index (χ4n) is 1.56. The molecule has 1 saturated heterocycles. The van der Waals surface area contributed by atoms with E-state index in [1.54, 1.807) is 0 Å². The number of carbonyl (C=O) groups is 3. The van der Waals surface area contributed by atoms with E-state index in [-0.39, 0.29) is 30.6 Å². The average Bonchev–Trinajstić information content (AvgIpc) is 2.83. The standard InChI is InChI=1S/C8H9N5O4/c9-5(15)3-1-4(14)13(2-3)8-10-6(7(16)17)11-12-8/h3H,1-2H2,(H2,9,15)(H,16,17)(H,10,11,12). The first-order valence-electron chi connectivity index (χ1n) is 4.74. The Morgan fingerprint density at radius 3 is 2.71 bits per heavy atom. The lowest BCUT2D eigenvalue weighted by molar-refractivity contribution is -0.123. The molecule has 90 valence electrons. The molecule has 1 aromatic rings. The molecule has 1 unspecified atom stereocenters. The third-order valence-corrected chi connectivity index (χ3v) is 2.45. The minimum Gasteiger partial charge on any atom is -0.475 e. The Bertz CT molecular complexity index is 496. The second-order valence-corrected chi connectivity index (χ2v) is 3.60. The number of carboxylic acid groups (broad SMARTS) is 1. The zero-order chi connectivity index (χ0) is 12.6. The summed E-state index contributed by atoms with van der Waals surface area (Å²) in [5.41, 5.74) is 5.09. The number of nitrogens with zero attached hydrogens (tertiary/aromatic N) is 3. The topological polar surface area (TPSA) is 142 Å². The van der Waals surface area contributed by atoms with Crippen molar-refractivity contribution in [1.82, 2.24) is 15.2 Å². The van der Waals surface area contributed by atoms with Crippen molar-refractivity contribution in [3.63, 3.8) is 0 Å². The first-order chi connectivity index (χ1) is 7.99. The van der Waals surface area contributed by atoms with E-state index in [0.29, 0.717) is 0 Å². The van der Waals surface area contributed by atoms with Gasteiger partial charge >= 0.3 is 5.97 Å². The summed E-state index contributed by atoms with van der Waals surface area (Å²) in [7, 11) is 0. The monoisotopic (exact) mass is 239 g/mol. The van der Waals surface area contributed by atoms with Crippen molar-refractivity contribution in [3.05, 3.63) is 5.82 Å². The largest absolute Gasteiger partial charge is 0.475 e. The number of nitrogens with two attached hydrogens (primary N) is 1. The van der Waals surface area contributed by atoms with E-state index in [9.17, 15) is 14.4 Å². The number of aromatic amines is 1. The number of aromatic nitrogens is 3. The molecule has 9 nitrogen and oxygen atoms in total. The molecule has 1 aliphatic heterocycles. The maximum Gasteiger partial charge on any atom is 0.373 e. The molecule has 2 amide bonds. The molecule has 1 atom stereocenters. The van der Waals surface area contributed by atoms with E-state index in [1.165, 1.54) is 0 Å². The quantitative estimate of drug-likeness (QED) is 0.576. The summed E-state index contributed by atoms with van der Waals surface area (Å²) >= 11 is 0. The van der Waals surface area contributed by atoms with Gasteiger partial charge in [-0.3, -0.25) is 19.6 Å². The Balaban J connectivity index is 2.20. The van der Waals surface area contributed by atoms with E-state index in [0.717, 1.165) is 4.90 Å². The predicted molar refractivity (Wildman–Crippen MR) is 53.0 cm³/mol. The average molecular weight is 239 g/mol. The molecule has 1 aromatic heterocycles. The number of carbonyl (C=O) groups excluding carboxylic acids is 2. The Kier molecular flexibility index (Phi) is 2.50. The molecule has 0 saturated carbocycles. The molecule has 0 spiro atoms. The maximum atomic E-state index is 11.5. The molecule has 0 aromatic carbocycles. The Morgan fingerprint density at radius 1 is 1.53 bits per heavy atom. The summed E-state index contributed by atoms with van der Waals surface area (Å²) in [5.74, 6) is -3.22. The van der Waals surface area contributed by atoms with Crippen LogP contribution >= 0.6 is 0 Å². The van der Waals surface area contributed by atoms with Crippen molar-refractivity contribution < 1.29 is 19.5 Å². The number of anilines is 1. The van der Waals surface area contributed by atoms with Crippen LogP contribution in [0.5, 0.6) is 0 Å². The van der Waals surface area contributed by atoms with Crippen LogP contribution in [-0.2, 0) is 9.59 Å². The highest BCUT2D eigenvalue weighted by atomic mass is 16.4. The van der Waals surface area contributed by atoms with Crippen molar-refractivity contribution in [2.75, 3.05) is 11.4 Å². The van der Waals surface area contributed by atoms with Gasteiger partial charge < -0.3 is 10.8 Å². The van der Waals surface area contributed by atoms with Gasteiger partial charge in [-0.25, -0.2) is 4.79 Å². The van der Waals surface area contributed by atoms with E-state index >= 15 is 0 Å². The second kappa shape index (κ2) is 3.85. The number of aromatic carboxylic acids is 1. The Hall–Kier alpha value is -2.45.